The number of thiazole rings is 1. The van der Waals surface area contributed by atoms with E-state index < -0.39 is 0 Å². The molecule has 2 aliphatic carbocycles. The third-order valence-electron chi connectivity index (χ3n) is 3.94. The van der Waals surface area contributed by atoms with Gasteiger partial charge in [0, 0.05) is 17.2 Å². The van der Waals surface area contributed by atoms with E-state index in [1.165, 1.54) is 30.7 Å². The zero-order valence-corrected chi connectivity index (χ0v) is 10.8. The number of hydrogen-bond donors (Lipinski definition) is 1. The van der Waals surface area contributed by atoms with E-state index in [0.29, 0.717) is 12.5 Å². The minimum Gasteiger partial charge on any atom is -0.350 e. The standard InChI is InChI=1S/C13H18N2OS/c16-12(9-3-1-4-9)14-7-11-8-17-13(15-11)10-5-2-6-10/h8-10H,1-7H2,(H,14,16). The molecule has 0 radical (unpaired) electrons. The van der Waals surface area contributed by atoms with Crippen LogP contribution in [0.1, 0.15) is 55.1 Å². The second-order valence-corrected chi connectivity index (χ2v) is 6.04. The van der Waals surface area contributed by atoms with Crippen molar-refractivity contribution in [2.24, 2.45) is 5.92 Å². The van der Waals surface area contributed by atoms with E-state index in [1.54, 1.807) is 11.3 Å². The lowest BCUT2D eigenvalue weighted by Crippen LogP contribution is -2.34. The minimum absolute atomic E-state index is 0.217. The molecule has 1 N–H and O–H groups in total. The van der Waals surface area contributed by atoms with Gasteiger partial charge >= 0.3 is 0 Å². The van der Waals surface area contributed by atoms with Crippen LogP contribution < -0.4 is 5.32 Å². The van der Waals surface area contributed by atoms with Gasteiger partial charge in [-0.15, -0.1) is 11.3 Å². The predicted molar refractivity (Wildman–Crippen MR) is 67.9 cm³/mol. The molecule has 2 fully saturated rings. The van der Waals surface area contributed by atoms with Gasteiger partial charge in [0.05, 0.1) is 17.2 Å². The first kappa shape index (κ1) is 11.2. The summed E-state index contributed by atoms with van der Waals surface area (Å²) >= 11 is 1.75. The Hall–Kier alpha value is -0.900. The van der Waals surface area contributed by atoms with Gasteiger partial charge in [0.2, 0.25) is 5.91 Å². The van der Waals surface area contributed by atoms with Crippen molar-refractivity contribution in [3.8, 4) is 0 Å². The van der Waals surface area contributed by atoms with Crippen LogP contribution in [-0.2, 0) is 11.3 Å². The topological polar surface area (TPSA) is 42.0 Å². The average molecular weight is 250 g/mol. The smallest absolute Gasteiger partial charge is 0.223 e. The summed E-state index contributed by atoms with van der Waals surface area (Å²) in [6.45, 7) is 0.610. The number of amides is 1. The fraction of sp³-hybridized carbons (Fsp3) is 0.692. The van der Waals surface area contributed by atoms with Crippen LogP contribution in [0.25, 0.3) is 0 Å². The highest BCUT2D eigenvalue weighted by atomic mass is 32.1. The largest absolute Gasteiger partial charge is 0.350 e. The van der Waals surface area contributed by atoms with Crippen molar-refractivity contribution in [2.45, 2.75) is 51.0 Å². The summed E-state index contributed by atoms with van der Waals surface area (Å²) in [6.07, 6.45) is 7.27. The van der Waals surface area contributed by atoms with Crippen molar-refractivity contribution < 1.29 is 4.79 Å². The summed E-state index contributed by atoms with van der Waals surface area (Å²) in [4.78, 5) is 16.3. The maximum Gasteiger partial charge on any atom is 0.223 e. The van der Waals surface area contributed by atoms with Crippen molar-refractivity contribution in [3.05, 3.63) is 16.1 Å². The first-order valence-electron chi connectivity index (χ1n) is 6.55. The first-order valence-corrected chi connectivity index (χ1v) is 7.43. The second kappa shape index (κ2) is 4.77. The van der Waals surface area contributed by atoms with Crippen LogP contribution >= 0.6 is 11.3 Å². The van der Waals surface area contributed by atoms with Crippen molar-refractivity contribution in [1.82, 2.24) is 10.3 Å². The highest BCUT2D eigenvalue weighted by molar-refractivity contribution is 7.09. The third-order valence-corrected chi connectivity index (χ3v) is 5.00. The summed E-state index contributed by atoms with van der Waals surface area (Å²) in [5.74, 6) is 1.20. The van der Waals surface area contributed by atoms with Gasteiger partial charge in [0.15, 0.2) is 0 Å². The van der Waals surface area contributed by atoms with Crippen LogP contribution in [-0.4, -0.2) is 10.9 Å². The summed E-state index contributed by atoms with van der Waals surface area (Å²) in [5, 5.41) is 6.35. The van der Waals surface area contributed by atoms with Gasteiger partial charge < -0.3 is 5.32 Å². The Morgan fingerprint density at radius 3 is 2.71 bits per heavy atom. The van der Waals surface area contributed by atoms with E-state index in [9.17, 15) is 4.79 Å². The molecule has 0 aromatic carbocycles. The molecule has 0 spiro atoms. The normalized spacial score (nSPS) is 20.7. The van der Waals surface area contributed by atoms with Crippen LogP contribution in [0, 0.1) is 5.92 Å². The molecule has 1 aromatic rings. The predicted octanol–water partition coefficient (Wildman–Crippen LogP) is 2.83. The third kappa shape index (κ3) is 2.37. The van der Waals surface area contributed by atoms with Crippen molar-refractivity contribution in [2.75, 3.05) is 0 Å². The van der Waals surface area contributed by atoms with Gasteiger partial charge in [-0.2, -0.15) is 0 Å². The van der Waals surface area contributed by atoms with Gasteiger partial charge in [-0.25, -0.2) is 4.98 Å². The van der Waals surface area contributed by atoms with Crippen molar-refractivity contribution in [3.63, 3.8) is 0 Å². The fourth-order valence-electron chi connectivity index (χ4n) is 2.24. The van der Waals surface area contributed by atoms with E-state index in [2.05, 4.69) is 15.7 Å². The summed E-state index contributed by atoms with van der Waals surface area (Å²) in [6, 6.07) is 0. The molecule has 2 aliphatic rings. The molecule has 92 valence electrons. The number of nitrogens with one attached hydrogen (secondary N) is 1. The SMILES string of the molecule is O=C(NCc1csc(C2CCC2)n1)C1CCC1. The maximum absolute atomic E-state index is 11.7. The molecule has 2 saturated carbocycles. The number of carbonyl (C=O) groups is 1. The molecule has 3 nitrogen and oxygen atoms in total. The highest BCUT2D eigenvalue weighted by Gasteiger charge is 2.25. The highest BCUT2D eigenvalue weighted by Crippen LogP contribution is 2.37. The molecule has 1 heterocycles. The molecule has 0 atom stereocenters. The number of rotatable bonds is 4. The van der Waals surface area contributed by atoms with Gasteiger partial charge in [-0.1, -0.05) is 12.8 Å². The average Bonchev–Trinajstić information content (AvgIpc) is 2.58. The molecule has 0 aliphatic heterocycles. The van der Waals surface area contributed by atoms with Gasteiger partial charge in [-0.3, -0.25) is 4.79 Å². The maximum atomic E-state index is 11.7. The molecule has 1 amide bonds. The Kier molecular flexibility index (Phi) is 3.14. The molecule has 17 heavy (non-hydrogen) atoms. The first-order chi connectivity index (χ1) is 8.33. The fourth-order valence-corrected chi connectivity index (χ4v) is 3.23. The van der Waals surface area contributed by atoms with E-state index >= 15 is 0 Å². The van der Waals surface area contributed by atoms with Crippen LogP contribution in [0.3, 0.4) is 0 Å². The lowest BCUT2D eigenvalue weighted by atomic mass is 9.85. The summed E-state index contributed by atoms with van der Waals surface area (Å²) in [5.41, 5.74) is 1.03. The van der Waals surface area contributed by atoms with Gasteiger partial charge in [0.25, 0.3) is 0 Å². The van der Waals surface area contributed by atoms with E-state index in [1.807, 2.05) is 0 Å². The zero-order chi connectivity index (χ0) is 11.7. The molecule has 4 heteroatoms. The monoisotopic (exact) mass is 250 g/mol. The van der Waals surface area contributed by atoms with Crippen LogP contribution in [0.4, 0.5) is 0 Å². The zero-order valence-electron chi connectivity index (χ0n) is 9.95. The Balaban J connectivity index is 1.50. The molecule has 0 unspecified atom stereocenters. The molecule has 0 saturated heterocycles. The second-order valence-electron chi connectivity index (χ2n) is 5.15. The number of hydrogen-bond acceptors (Lipinski definition) is 3. The lowest BCUT2D eigenvalue weighted by Gasteiger charge is -2.24. The van der Waals surface area contributed by atoms with Crippen molar-refractivity contribution >= 4 is 17.2 Å². The number of nitrogens with zero attached hydrogens (tertiary/aromatic N) is 1. The van der Waals surface area contributed by atoms with E-state index in [-0.39, 0.29) is 11.8 Å². The van der Waals surface area contributed by atoms with Crippen LogP contribution in [0.15, 0.2) is 5.38 Å². The van der Waals surface area contributed by atoms with Crippen molar-refractivity contribution in [1.29, 1.82) is 0 Å². The Bertz CT molecular complexity index is 407. The Morgan fingerprint density at radius 2 is 2.12 bits per heavy atom. The molecule has 1 aromatic heterocycles. The Morgan fingerprint density at radius 1 is 1.35 bits per heavy atom. The lowest BCUT2D eigenvalue weighted by molar-refractivity contribution is -0.127. The van der Waals surface area contributed by atoms with Gasteiger partial charge in [0.1, 0.15) is 0 Å². The summed E-state index contributed by atoms with van der Waals surface area (Å²) < 4.78 is 0. The van der Waals surface area contributed by atoms with E-state index in [0.717, 1.165) is 18.5 Å². The molecular weight excluding hydrogens is 232 g/mol. The number of carbonyl (C=O) groups excluding carboxylic acids is 1. The molecular formula is C13H18N2OS. The van der Waals surface area contributed by atoms with Crippen LogP contribution in [0.5, 0.6) is 0 Å². The molecule has 0 bridgehead atoms. The van der Waals surface area contributed by atoms with E-state index in [4.69, 9.17) is 0 Å². The minimum atomic E-state index is 0.217. The van der Waals surface area contributed by atoms with Gasteiger partial charge in [-0.05, 0) is 25.7 Å². The molecule has 3 rings (SSSR count). The Labute approximate surface area is 106 Å². The number of aromatic nitrogens is 1. The quantitative estimate of drug-likeness (QED) is 0.892. The van der Waals surface area contributed by atoms with Crippen LogP contribution in [0.2, 0.25) is 0 Å². The summed E-state index contributed by atoms with van der Waals surface area (Å²) in [7, 11) is 0.